The van der Waals surface area contributed by atoms with E-state index in [4.69, 9.17) is 10.5 Å². The largest absolute Gasteiger partial charge is 0.394 e. The normalized spacial score (nSPS) is 17.3. The maximum Gasteiger partial charge on any atom is 0.251 e. The van der Waals surface area contributed by atoms with Crippen LogP contribution in [0.15, 0.2) is 47.5 Å². The van der Waals surface area contributed by atoms with Gasteiger partial charge < -0.3 is 25.5 Å². The first-order valence-corrected chi connectivity index (χ1v) is 12.3. The number of benzene rings is 1. The van der Waals surface area contributed by atoms with Crippen LogP contribution in [0.4, 0.5) is 5.82 Å². The van der Waals surface area contributed by atoms with E-state index in [0.29, 0.717) is 34.5 Å². The number of hydrogen-bond donors (Lipinski definition) is 3. The van der Waals surface area contributed by atoms with Crippen LogP contribution >= 0.6 is 11.3 Å². The zero-order chi connectivity index (χ0) is 24.4. The fourth-order valence-corrected chi connectivity index (χ4v) is 4.83. The number of thiophene rings is 1. The molecule has 4 heterocycles. The number of aromatic nitrogens is 3. The Hall–Kier alpha value is -3.71. The first-order chi connectivity index (χ1) is 17.0. The lowest BCUT2D eigenvalue weighted by molar-refractivity contribution is -0.0204. The number of ether oxygens (including phenoxy) is 1. The molecule has 0 unspecified atom stereocenters. The van der Waals surface area contributed by atoms with Crippen molar-refractivity contribution in [2.75, 3.05) is 12.3 Å². The number of carbonyl (C=O) groups excluding carboxylic acids is 1. The van der Waals surface area contributed by atoms with E-state index in [1.54, 1.807) is 23.5 Å². The van der Waals surface area contributed by atoms with Gasteiger partial charge in [-0.15, -0.1) is 0 Å². The minimum Gasteiger partial charge on any atom is -0.394 e. The summed E-state index contributed by atoms with van der Waals surface area (Å²) in [5, 5.41) is 17.1. The molecule has 4 aromatic rings. The van der Waals surface area contributed by atoms with Crippen LogP contribution in [0.2, 0.25) is 0 Å². The first kappa shape index (κ1) is 23.1. The van der Waals surface area contributed by atoms with Crippen LogP contribution in [0.3, 0.4) is 0 Å². The third-order valence-electron chi connectivity index (χ3n) is 6.10. The van der Waals surface area contributed by atoms with Crippen LogP contribution in [0, 0.1) is 18.8 Å². The number of nitrogen functional groups attached to an aromatic ring is 1. The second kappa shape index (κ2) is 9.88. The van der Waals surface area contributed by atoms with Gasteiger partial charge in [0.1, 0.15) is 24.0 Å². The van der Waals surface area contributed by atoms with E-state index in [0.717, 1.165) is 29.5 Å². The van der Waals surface area contributed by atoms with Crippen LogP contribution in [0.5, 0.6) is 0 Å². The monoisotopic (exact) mass is 487 g/mol. The van der Waals surface area contributed by atoms with Gasteiger partial charge in [-0.1, -0.05) is 17.9 Å². The summed E-state index contributed by atoms with van der Waals surface area (Å²) in [6, 6.07) is 7.49. The van der Waals surface area contributed by atoms with E-state index < -0.39 is 0 Å². The van der Waals surface area contributed by atoms with Gasteiger partial charge in [0.15, 0.2) is 0 Å². The molecule has 1 aliphatic heterocycles. The molecule has 35 heavy (non-hydrogen) atoms. The molecule has 0 aliphatic carbocycles. The number of aliphatic hydroxyl groups excluding tert-OH is 1. The number of nitrogens with two attached hydrogens (primary N) is 1. The summed E-state index contributed by atoms with van der Waals surface area (Å²) < 4.78 is 7.86. The number of carbonyl (C=O) groups is 1. The molecule has 1 aliphatic rings. The molecule has 1 fully saturated rings. The van der Waals surface area contributed by atoms with Crippen molar-refractivity contribution in [2.24, 2.45) is 0 Å². The van der Waals surface area contributed by atoms with E-state index in [1.807, 2.05) is 40.6 Å². The average molecular weight is 488 g/mol. The average Bonchev–Trinajstić information content (AvgIpc) is 3.62. The van der Waals surface area contributed by atoms with Gasteiger partial charge in [0.2, 0.25) is 0 Å². The van der Waals surface area contributed by atoms with Gasteiger partial charge >= 0.3 is 0 Å². The minimum absolute atomic E-state index is 0.0179. The molecule has 1 amide bonds. The summed E-state index contributed by atoms with van der Waals surface area (Å²) >= 11 is 1.60. The van der Waals surface area contributed by atoms with Gasteiger partial charge in [-0.25, -0.2) is 9.97 Å². The third kappa shape index (κ3) is 4.77. The molecule has 178 valence electrons. The third-order valence-corrected chi connectivity index (χ3v) is 6.83. The number of fused-ring (bicyclic) bond motifs is 1. The number of hydrogen-bond acceptors (Lipinski definition) is 7. The molecule has 1 saturated heterocycles. The Balaban J connectivity index is 1.45. The van der Waals surface area contributed by atoms with Crippen molar-refractivity contribution < 1.29 is 14.6 Å². The Kier molecular flexibility index (Phi) is 6.51. The predicted molar refractivity (Wildman–Crippen MR) is 135 cm³/mol. The van der Waals surface area contributed by atoms with Crippen molar-refractivity contribution in [2.45, 2.75) is 38.6 Å². The zero-order valence-electron chi connectivity index (χ0n) is 19.2. The van der Waals surface area contributed by atoms with Gasteiger partial charge in [0, 0.05) is 23.9 Å². The number of aliphatic hydroxyl groups is 1. The fraction of sp³-hybridized carbons (Fsp3) is 0.269. The molecule has 3 aromatic heterocycles. The van der Waals surface area contributed by atoms with Crippen molar-refractivity contribution >= 4 is 34.1 Å². The summed E-state index contributed by atoms with van der Waals surface area (Å²) in [6.45, 7) is 2.42. The Morgan fingerprint density at radius 2 is 2.14 bits per heavy atom. The van der Waals surface area contributed by atoms with Gasteiger partial charge in [-0.2, -0.15) is 11.3 Å². The molecule has 4 N–H and O–H groups in total. The summed E-state index contributed by atoms with van der Waals surface area (Å²) in [4.78, 5) is 21.2. The predicted octanol–water partition coefficient (Wildman–Crippen LogP) is 3.38. The molecule has 9 heteroatoms. The van der Waals surface area contributed by atoms with Gasteiger partial charge in [0.05, 0.1) is 23.7 Å². The summed E-state index contributed by atoms with van der Waals surface area (Å²) in [6.07, 6.45) is 4.38. The summed E-state index contributed by atoms with van der Waals surface area (Å²) in [7, 11) is 0. The van der Waals surface area contributed by atoms with Crippen molar-refractivity contribution in [3.05, 3.63) is 75.4 Å². The quantitative estimate of drug-likeness (QED) is 0.372. The maximum atomic E-state index is 12.7. The Labute approximate surface area is 206 Å². The Morgan fingerprint density at radius 3 is 2.91 bits per heavy atom. The molecule has 1 aromatic carbocycles. The molecular formula is C26H25N5O3S. The highest BCUT2D eigenvalue weighted by molar-refractivity contribution is 7.07. The number of anilines is 1. The molecule has 0 radical (unpaired) electrons. The number of rotatable bonds is 5. The smallest absolute Gasteiger partial charge is 0.251 e. The lowest BCUT2D eigenvalue weighted by Gasteiger charge is -2.14. The van der Waals surface area contributed by atoms with Crippen molar-refractivity contribution in [3.63, 3.8) is 0 Å². The molecule has 2 atom stereocenters. The van der Waals surface area contributed by atoms with Crippen LogP contribution in [0.1, 0.15) is 51.7 Å². The number of aryl methyl sites for hydroxylation is 1. The van der Waals surface area contributed by atoms with Gasteiger partial charge in [0.25, 0.3) is 5.91 Å². The highest BCUT2D eigenvalue weighted by atomic mass is 32.1. The molecular weight excluding hydrogens is 462 g/mol. The van der Waals surface area contributed by atoms with Crippen molar-refractivity contribution in [1.82, 2.24) is 19.9 Å². The number of nitrogens with one attached hydrogen (secondary N) is 1. The molecule has 5 rings (SSSR count). The maximum absolute atomic E-state index is 12.7. The minimum atomic E-state index is -0.253. The van der Waals surface area contributed by atoms with Crippen molar-refractivity contribution in [1.29, 1.82) is 0 Å². The number of amides is 1. The lowest BCUT2D eigenvalue weighted by atomic mass is 10.0. The lowest BCUT2D eigenvalue weighted by Crippen LogP contribution is -2.22. The SMILES string of the molecule is Cc1ccc(C(=O)NCc2ccsc2)cc1C#Cc1cn([C@H]2CC[C@@H](CO)O2)c2ncnc(N)c12. The van der Waals surface area contributed by atoms with E-state index >= 15 is 0 Å². The Morgan fingerprint density at radius 1 is 1.29 bits per heavy atom. The van der Waals surface area contributed by atoms with Crippen LogP contribution in [-0.2, 0) is 11.3 Å². The van der Waals surface area contributed by atoms with Crippen LogP contribution in [-0.4, -0.2) is 38.3 Å². The molecule has 0 bridgehead atoms. The topological polar surface area (TPSA) is 115 Å². The molecule has 8 nitrogen and oxygen atoms in total. The van der Waals surface area contributed by atoms with Crippen LogP contribution in [0.25, 0.3) is 11.0 Å². The fourth-order valence-electron chi connectivity index (χ4n) is 4.16. The van der Waals surface area contributed by atoms with E-state index in [9.17, 15) is 9.90 Å². The molecule has 0 spiro atoms. The summed E-state index contributed by atoms with van der Waals surface area (Å²) in [5.41, 5.74) is 10.9. The van der Waals surface area contributed by atoms with Crippen molar-refractivity contribution in [3.8, 4) is 11.8 Å². The second-order valence-electron chi connectivity index (χ2n) is 8.47. The van der Waals surface area contributed by atoms with Crippen LogP contribution < -0.4 is 11.1 Å². The highest BCUT2D eigenvalue weighted by Crippen LogP contribution is 2.33. The first-order valence-electron chi connectivity index (χ1n) is 11.3. The summed E-state index contributed by atoms with van der Waals surface area (Å²) in [5.74, 6) is 6.61. The molecule has 0 saturated carbocycles. The van der Waals surface area contributed by atoms with E-state index in [2.05, 4.69) is 27.1 Å². The van der Waals surface area contributed by atoms with E-state index in [1.165, 1.54) is 6.33 Å². The second-order valence-corrected chi connectivity index (χ2v) is 9.25. The highest BCUT2D eigenvalue weighted by Gasteiger charge is 2.28. The Bertz CT molecular complexity index is 1430. The number of nitrogens with zero attached hydrogens (tertiary/aromatic N) is 3. The van der Waals surface area contributed by atoms with E-state index in [-0.39, 0.29) is 24.8 Å². The zero-order valence-corrected chi connectivity index (χ0v) is 20.0. The standard InChI is InChI=1S/C26H25N5O3S/c1-16-2-3-19(26(33)28-11-17-8-9-35-14-17)10-18(16)4-5-20-12-31(22-7-6-21(13-32)34-22)25-23(20)24(27)29-15-30-25/h2-3,8-10,12,14-15,21-22,32H,6-7,11,13H2,1H3,(H,28,33)(H2,27,29,30)/t21-,22+/m0/s1. The van der Waals surface area contributed by atoms with Gasteiger partial charge in [-0.05, 0) is 59.9 Å². The van der Waals surface area contributed by atoms with Gasteiger partial charge in [-0.3, -0.25) is 4.79 Å².